The second kappa shape index (κ2) is 6.73. The predicted octanol–water partition coefficient (Wildman–Crippen LogP) is 5.15. The number of ether oxygens (including phenoxy) is 1. The van der Waals surface area contributed by atoms with Gasteiger partial charge in [0.2, 0.25) is 5.69 Å². The molecule has 1 aromatic carbocycles. The number of thiophene rings is 1. The number of rotatable bonds is 4. The van der Waals surface area contributed by atoms with Crippen molar-refractivity contribution in [1.29, 1.82) is 0 Å². The Morgan fingerprint density at radius 3 is 2.54 bits per heavy atom. The fourth-order valence-corrected chi connectivity index (χ4v) is 3.40. The molecule has 0 saturated carbocycles. The summed E-state index contributed by atoms with van der Waals surface area (Å²) in [6, 6.07) is 12.0. The molecule has 0 radical (unpaired) electrons. The number of benzene rings is 1. The number of carbonyl (C=O) groups is 1. The number of aromatic nitrogens is 1. The summed E-state index contributed by atoms with van der Waals surface area (Å²) < 4.78 is 6.81. The summed E-state index contributed by atoms with van der Waals surface area (Å²) in [5.74, 6) is -0.410. The lowest BCUT2D eigenvalue weighted by molar-refractivity contribution is 0.0516. The second-order valence-corrected chi connectivity index (χ2v) is 6.18. The molecule has 2 aromatic heterocycles. The van der Waals surface area contributed by atoms with Gasteiger partial charge in [0, 0.05) is 23.7 Å². The van der Waals surface area contributed by atoms with Gasteiger partial charge in [-0.05, 0) is 29.5 Å². The van der Waals surface area contributed by atoms with Gasteiger partial charge in [0.25, 0.3) is 0 Å². The molecule has 5 heteroatoms. The molecule has 0 amide bonds. The van der Waals surface area contributed by atoms with E-state index in [1.807, 2.05) is 35.7 Å². The van der Waals surface area contributed by atoms with Crippen LogP contribution in [-0.4, -0.2) is 17.1 Å². The van der Waals surface area contributed by atoms with Crippen LogP contribution >= 0.6 is 11.3 Å². The summed E-state index contributed by atoms with van der Waals surface area (Å²) >= 11 is 1.68. The third kappa shape index (κ3) is 2.84. The Hall–Kier alpha value is -2.84. The maximum absolute atomic E-state index is 12.3. The Bertz CT molecular complexity index is 900. The third-order valence-corrected chi connectivity index (χ3v) is 4.65. The van der Waals surface area contributed by atoms with Gasteiger partial charge in [0.15, 0.2) is 0 Å². The maximum Gasteiger partial charge on any atom is 0.354 e. The third-order valence-electron chi connectivity index (χ3n) is 3.73. The molecule has 0 N–H and O–H groups in total. The van der Waals surface area contributed by atoms with Crippen LogP contribution in [0.1, 0.15) is 17.4 Å². The van der Waals surface area contributed by atoms with Gasteiger partial charge < -0.3 is 9.30 Å². The largest absolute Gasteiger partial charge is 0.461 e. The molecule has 0 fully saturated rings. The summed E-state index contributed by atoms with van der Waals surface area (Å²) in [4.78, 5) is 17.1. The highest BCUT2D eigenvalue weighted by Gasteiger charge is 2.22. The number of nitrogens with zero attached hydrogens (tertiary/aromatic N) is 2. The summed E-state index contributed by atoms with van der Waals surface area (Å²) in [6.07, 6.45) is 1.67. The molecule has 0 spiro atoms. The standard InChI is InChI=1S/C19H16N2O2S/c1-4-23-19(22)18-17(15(20-2)12-21(18)3)14-9-7-13(8-10-14)16-6-5-11-24-16/h5-12H,4H2,1,3H3. The van der Waals surface area contributed by atoms with E-state index >= 15 is 0 Å². The van der Waals surface area contributed by atoms with Crippen LogP contribution in [0.5, 0.6) is 0 Å². The molecule has 0 aliphatic carbocycles. The minimum atomic E-state index is -0.410. The molecule has 0 unspecified atom stereocenters. The van der Waals surface area contributed by atoms with E-state index in [1.165, 1.54) is 4.88 Å². The van der Waals surface area contributed by atoms with Crippen molar-refractivity contribution in [2.45, 2.75) is 6.92 Å². The highest BCUT2D eigenvalue weighted by Crippen LogP contribution is 2.37. The van der Waals surface area contributed by atoms with Crippen molar-refractivity contribution in [3.8, 4) is 21.6 Å². The average Bonchev–Trinajstić information content (AvgIpc) is 3.22. The first-order valence-electron chi connectivity index (χ1n) is 7.54. The first-order valence-corrected chi connectivity index (χ1v) is 8.42. The lowest BCUT2D eigenvalue weighted by atomic mass is 10.0. The Labute approximate surface area is 144 Å². The Morgan fingerprint density at radius 1 is 1.25 bits per heavy atom. The summed E-state index contributed by atoms with van der Waals surface area (Å²) in [5.41, 5.74) is 3.44. The van der Waals surface area contributed by atoms with E-state index < -0.39 is 5.97 Å². The van der Waals surface area contributed by atoms with Gasteiger partial charge in [-0.25, -0.2) is 9.64 Å². The van der Waals surface area contributed by atoms with Crippen molar-refractivity contribution in [2.24, 2.45) is 7.05 Å². The van der Waals surface area contributed by atoms with Crippen LogP contribution in [0.25, 0.3) is 26.4 Å². The van der Waals surface area contributed by atoms with E-state index in [0.717, 1.165) is 11.1 Å². The van der Waals surface area contributed by atoms with Crippen LogP contribution in [-0.2, 0) is 11.8 Å². The van der Waals surface area contributed by atoms with Crippen molar-refractivity contribution < 1.29 is 9.53 Å². The van der Waals surface area contributed by atoms with Crippen LogP contribution in [0.2, 0.25) is 0 Å². The van der Waals surface area contributed by atoms with Crippen LogP contribution in [0.3, 0.4) is 0 Å². The number of hydrogen-bond acceptors (Lipinski definition) is 3. The van der Waals surface area contributed by atoms with Gasteiger partial charge in [0.05, 0.1) is 13.2 Å². The molecule has 0 saturated heterocycles. The maximum atomic E-state index is 12.3. The van der Waals surface area contributed by atoms with E-state index in [-0.39, 0.29) is 0 Å². The van der Waals surface area contributed by atoms with Crippen molar-refractivity contribution in [3.05, 3.63) is 65.1 Å². The summed E-state index contributed by atoms with van der Waals surface area (Å²) in [6.45, 7) is 9.47. The summed E-state index contributed by atoms with van der Waals surface area (Å²) in [7, 11) is 1.75. The number of hydrogen-bond donors (Lipinski definition) is 0. The number of carbonyl (C=O) groups excluding carboxylic acids is 1. The SMILES string of the molecule is [C-]#[N+]c1cn(C)c(C(=O)OCC)c1-c1ccc(-c2cccs2)cc1. The fraction of sp³-hybridized carbons (Fsp3) is 0.158. The number of esters is 1. The van der Waals surface area contributed by atoms with Gasteiger partial charge in [-0.15, -0.1) is 11.3 Å². The van der Waals surface area contributed by atoms with Crippen LogP contribution < -0.4 is 0 Å². The monoisotopic (exact) mass is 336 g/mol. The van der Waals surface area contributed by atoms with Crippen molar-refractivity contribution >= 4 is 23.0 Å². The molecule has 3 rings (SSSR count). The fourth-order valence-electron chi connectivity index (χ4n) is 2.67. The quantitative estimate of drug-likeness (QED) is 0.488. The van der Waals surface area contributed by atoms with Gasteiger partial charge in [-0.1, -0.05) is 30.3 Å². The van der Waals surface area contributed by atoms with Crippen molar-refractivity contribution in [1.82, 2.24) is 4.57 Å². The minimum Gasteiger partial charge on any atom is -0.461 e. The Kier molecular flexibility index (Phi) is 4.50. The minimum absolute atomic E-state index is 0.300. The average molecular weight is 336 g/mol. The molecule has 0 bridgehead atoms. The smallest absolute Gasteiger partial charge is 0.354 e. The zero-order valence-corrected chi connectivity index (χ0v) is 14.3. The van der Waals surface area contributed by atoms with Crippen molar-refractivity contribution in [2.75, 3.05) is 6.61 Å². The lowest BCUT2D eigenvalue weighted by Gasteiger charge is -2.08. The molecule has 0 aliphatic rings. The van der Waals surface area contributed by atoms with Crippen LogP contribution in [0, 0.1) is 6.57 Å². The van der Waals surface area contributed by atoms with Gasteiger partial charge in [-0.2, -0.15) is 0 Å². The van der Waals surface area contributed by atoms with E-state index in [2.05, 4.69) is 10.9 Å². The first kappa shape index (κ1) is 16.0. The van der Waals surface area contributed by atoms with Crippen molar-refractivity contribution in [3.63, 3.8) is 0 Å². The van der Waals surface area contributed by atoms with Gasteiger partial charge in [0.1, 0.15) is 5.69 Å². The van der Waals surface area contributed by atoms with E-state index in [0.29, 0.717) is 23.6 Å². The highest BCUT2D eigenvalue weighted by molar-refractivity contribution is 7.13. The molecule has 3 aromatic rings. The second-order valence-electron chi connectivity index (χ2n) is 5.24. The lowest BCUT2D eigenvalue weighted by Crippen LogP contribution is -2.10. The Morgan fingerprint density at radius 2 is 1.96 bits per heavy atom. The molecule has 0 atom stereocenters. The van der Waals surface area contributed by atoms with E-state index in [9.17, 15) is 4.79 Å². The van der Waals surface area contributed by atoms with Crippen LogP contribution in [0.4, 0.5) is 5.69 Å². The van der Waals surface area contributed by atoms with E-state index in [1.54, 1.807) is 36.1 Å². The van der Waals surface area contributed by atoms with Gasteiger partial charge >= 0.3 is 5.97 Å². The molecule has 4 nitrogen and oxygen atoms in total. The highest BCUT2D eigenvalue weighted by atomic mass is 32.1. The zero-order chi connectivity index (χ0) is 17.1. The van der Waals surface area contributed by atoms with Crippen LogP contribution in [0.15, 0.2) is 48.0 Å². The topological polar surface area (TPSA) is 35.6 Å². The molecule has 2 heterocycles. The zero-order valence-electron chi connectivity index (χ0n) is 13.4. The molecule has 120 valence electrons. The predicted molar refractivity (Wildman–Crippen MR) is 96.4 cm³/mol. The first-order chi connectivity index (χ1) is 11.7. The molecule has 0 aliphatic heterocycles. The number of aryl methyl sites for hydroxylation is 1. The van der Waals surface area contributed by atoms with Gasteiger partial charge in [-0.3, -0.25) is 0 Å². The molecular formula is C19H16N2O2S. The summed E-state index contributed by atoms with van der Waals surface area (Å²) in [5, 5.41) is 2.04. The Balaban J connectivity index is 2.08. The molecule has 24 heavy (non-hydrogen) atoms. The normalized spacial score (nSPS) is 10.4. The molecular weight excluding hydrogens is 320 g/mol. The van der Waals surface area contributed by atoms with E-state index in [4.69, 9.17) is 11.3 Å².